The molecule has 0 unspecified atom stereocenters. The van der Waals surface area contributed by atoms with Crippen LogP contribution >= 0.6 is 10.7 Å². The van der Waals surface area contributed by atoms with Crippen LogP contribution in [0, 0.1) is 0 Å². The lowest BCUT2D eigenvalue weighted by Crippen LogP contribution is -2.03. The zero-order valence-corrected chi connectivity index (χ0v) is 11.9. The van der Waals surface area contributed by atoms with E-state index in [1.807, 2.05) is 30.3 Å². The van der Waals surface area contributed by atoms with Gasteiger partial charge in [0, 0.05) is 23.1 Å². The predicted octanol–water partition coefficient (Wildman–Crippen LogP) is 1.96. The maximum absolute atomic E-state index is 11.3. The van der Waals surface area contributed by atoms with Crippen molar-refractivity contribution in [2.75, 3.05) is 0 Å². The minimum atomic E-state index is -3.93. The van der Waals surface area contributed by atoms with Gasteiger partial charge in [-0.05, 0) is 12.1 Å². The fraction of sp³-hybridized carbons (Fsp3) is 0.0833. The molecular weight excluding hydrogens is 300 g/mol. The largest absolute Gasteiger partial charge is 0.299 e. The Labute approximate surface area is 119 Å². The Morgan fingerprint density at radius 2 is 1.85 bits per heavy atom. The number of pyridine rings is 1. The average Bonchev–Trinajstić information content (AvgIpc) is 2.80. The molecule has 0 bridgehead atoms. The summed E-state index contributed by atoms with van der Waals surface area (Å²) in [6.07, 6.45) is 0. The van der Waals surface area contributed by atoms with Crippen molar-refractivity contribution in [1.82, 2.24) is 19.7 Å². The molecule has 0 radical (unpaired) electrons. The molecule has 20 heavy (non-hydrogen) atoms. The van der Waals surface area contributed by atoms with Gasteiger partial charge in [-0.2, -0.15) is 0 Å². The lowest BCUT2D eigenvalue weighted by atomic mass is 10.2. The molecular formula is C12H9ClN4O2S. The second kappa shape index (κ2) is 4.53. The van der Waals surface area contributed by atoms with E-state index in [-0.39, 0.29) is 5.16 Å². The summed E-state index contributed by atoms with van der Waals surface area (Å²) in [6, 6.07) is 11.3. The fourth-order valence-electron chi connectivity index (χ4n) is 1.94. The standard InChI is InChI=1S/C12H9ClN4O2S/c1-17-11(15-16-12(17)20(13,18)19)10-7-6-8-4-2-3-5-9(8)14-10/h2-7H,1H3. The summed E-state index contributed by atoms with van der Waals surface area (Å²) in [5, 5.41) is 8.13. The second-order valence-electron chi connectivity index (χ2n) is 4.19. The Morgan fingerprint density at radius 3 is 2.55 bits per heavy atom. The van der Waals surface area contributed by atoms with Crippen molar-refractivity contribution in [3.8, 4) is 11.5 Å². The first kappa shape index (κ1) is 13.0. The summed E-state index contributed by atoms with van der Waals surface area (Å²) in [5.74, 6) is 0.343. The van der Waals surface area contributed by atoms with E-state index in [1.165, 1.54) is 11.6 Å². The number of para-hydroxylation sites is 1. The van der Waals surface area contributed by atoms with Crippen molar-refractivity contribution in [3.05, 3.63) is 36.4 Å². The van der Waals surface area contributed by atoms with Crippen LogP contribution in [0.4, 0.5) is 0 Å². The summed E-state index contributed by atoms with van der Waals surface area (Å²) in [5.41, 5.74) is 1.33. The van der Waals surface area contributed by atoms with E-state index >= 15 is 0 Å². The van der Waals surface area contributed by atoms with Crippen LogP contribution in [0.3, 0.4) is 0 Å². The molecule has 102 valence electrons. The maximum Gasteiger partial charge on any atom is 0.296 e. The molecule has 8 heteroatoms. The van der Waals surface area contributed by atoms with E-state index in [0.29, 0.717) is 11.5 Å². The molecule has 0 aliphatic rings. The maximum atomic E-state index is 11.3. The van der Waals surface area contributed by atoms with Crippen LogP contribution < -0.4 is 0 Å². The van der Waals surface area contributed by atoms with Gasteiger partial charge in [-0.1, -0.05) is 24.3 Å². The summed E-state index contributed by atoms with van der Waals surface area (Å²) < 4.78 is 24.0. The van der Waals surface area contributed by atoms with E-state index in [4.69, 9.17) is 10.7 Å². The van der Waals surface area contributed by atoms with E-state index in [1.54, 1.807) is 6.07 Å². The molecule has 0 saturated heterocycles. The molecule has 1 aromatic carbocycles. The number of halogens is 1. The number of benzene rings is 1. The van der Waals surface area contributed by atoms with E-state index in [0.717, 1.165) is 10.9 Å². The van der Waals surface area contributed by atoms with Gasteiger partial charge in [0.25, 0.3) is 14.2 Å². The molecule has 6 nitrogen and oxygen atoms in total. The summed E-state index contributed by atoms with van der Waals surface area (Å²) in [7, 11) is 2.89. The highest BCUT2D eigenvalue weighted by Gasteiger charge is 2.21. The van der Waals surface area contributed by atoms with E-state index in [9.17, 15) is 8.42 Å². The molecule has 2 heterocycles. The summed E-state index contributed by atoms with van der Waals surface area (Å²) in [6.45, 7) is 0. The minimum absolute atomic E-state index is 0.302. The van der Waals surface area contributed by atoms with Crippen LogP contribution in [0.15, 0.2) is 41.6 Å². The van der Waals surface area contributed by atoms with Crippen molar-refractivity contribution in [2.24, 2.45) is 7.05 Å². The molecule has 0 aliphatic heterocycles. The number of hydrogen-bond donors (Lipinski definition) is 0. The topological polar surface area (TPSA) is 77.7 Å². The number of fused-ring (bicyclic) bond motifs is 1. The van der Waals surface area contributed by atoms with Gasteiger partial charge in [0.05, 0.1) is 5.52 Å². The predicted molar refractivity (Wildman–Crippen MR) is 74.8 cm³/mol. The highest BCUT2D eigenvalue weighted by Crippen LogP contribution is 2.21. The smallest absolute Gasteiger partial charge is 0.296 e. The monoisotopic (exact) mass is 308 g/mol. The summed E-state index contributed by atoms with van der Waals surface area (Å²) >= 11 is 0. The zero-order valence-electron chi connectivity index (χ0n) is 10.4. The number of aromatic nitrogens is 4. The second-order valence-corrected chi connectivity index (χ2v) is 6.65. The number of nitrogens with zero attached hydrogens (tertiary/aromatic N) is 4. The van der Waals surface area contributed by atoms with Crippen LogP contribution in [0.5, 0.6) is 0 Å². The molecule has 0 N–H and O–H groups in total. The quantitative estimate of drug-likeness (QED) is 0.676. The third-order valence-corrected chi connectivity index (χ3v) is 4.09. The van der Waals surface area contributed by atoms with Crippen molar-refractivity contribution in [2.45, 2.75) is 5.16 Å². The molecule has 0 atom stereocenters. The van der Waals surface area contributed by atoms with E-state index in [2.05, 4.69) is 15.2 Å². The first-order valence-corrected chi connectivity index (χ1v) is 7.98. The Bertz CT molecular complexity index is 905. The summed E-state index contributed by atoms with van der Waals surface area (Å²) in [4.78, 5) is 4.44. The first-order chi connectivity index (χ1) is 9.47. The van der Waals surface area contributed by atoms with Gasteiger partial charge < -0.3 is 0 Å². The molecule has 3 aromatic rings. The van der Waals surface area contributed by atoms with Gasteiger partial charge in [0.15, 0.2) is 5.82 Å². The highest BCUT2D eigenvalue weighted by atomic mass is 35.7. The third-order valence-electron chi connectivity index (χ3n) is 2.88. The van der Waals surface area contributed by atoms with Gasteiger partial charge in [0.2, 0.25) is 0 Å². The molecule has 0 spiro atoms. The number of hydrogen-bond acceptors (Lipinski definition) is 5. The van der Waals surface area contributed by atoms with Crippen molar-refractivity contribution < 1.29 is 8.42 Å². The normalized spacial score (nSPS) is 11.9. The molecule has 2 aromatic heterocycles. The number of rotatable bonds is 2. The fourth-order valence-corrected chi connectivity index (χ4v) is 2.90. The van der Waals surface area contributed by atoms with E-state index < -0.39 is 9.05 Å². The molecule has 3 rings (SSSR count). The third kappa shape index (κ3) is 2.14. The first-order valence-electron chi connectivity index (χ1n) is 5.67. The zero-order chi connectivity index (χ0) is 14.3. The Balaban J connectivity index is 2.19. The Kier molecular flexibility index (Phi) is 2.95. The van der Waals surface area contributed by atoms with Crippen molar-refractivity contribution in [3.63, 3.8) is 0 Å². The van der Waals surface area contributed by atoms with Gasteiger partial charge in [-0.15, -0.1) is 10.2 Å². The average molecular weight is 309 g/mol. The molecule has 0 aliphatic carbocycles. The lowest BCUT2D eigenvalue weighted by Gasteiger charge is -2.03. The minimum Gasteiger partial charge on any atom is -0.299 e. The van der Waals surface area contributed by atoms with Crippen LogP contribution in [0.1, 0.15) is 0 Å². The van der Waals surface area contributed by atoms with Crippen molar-refractivity contribution >= 4 is 30.6 Å². The Morgan fingerprint density at radius 1 is 1.10 bits per heavy atom. The van der Waals surface area contributed by atoms with Crippen LogP contribution in [-0.2, 0) is 16.1 Å². The molecule has 0 fully saturated rings. The van der Waals surface area contributed by atoms with Crippen LogP contribution in [0.25, 0.3) is 22.4 Å². The SMILES string of the molecule is Cn1c(-c2ccc3ccccc3n2)nnc1S(=O)(=O)Cl. The highest BCUT2D eigenvalue weighted by molar-refractivity contribution is 8.13. The van der Waals surface area contributed by atoms with Crippen LogP contribution in [0.2, 0.25) is 0 Å². The van der Waals surface area contributed by atoms with Gasteiger partial charge in [-0.25, -0.2) is 13.4 Å². The van der Waals surface area contributed by atoms with Gasteiger partial charge in [0.1, 0.15) is 5.69 Å². The molecule has 0 amide bonds. The molecule has 0 saturated carbocycles. The van der Waals surface area contributed by atoms with Gasteiger partial charge >= 0.3 is 0 Å². The van der Waals surface area contributed by atoms with Crippen LogP contribution in [-0.4, -0.2) is 28.2 Å². The van der Waals surface area contributed by atoms with Gasteiger partial charge in [-0.3, -0.25) is 4.57 Å². The lowest BCUT2D eigenvalue weighted by molar-refractivity contribution is 0.593. The van der Waals surface area contributed by atoms with Crippen molar-refractivity contribution in [1.29, 1.82) is 0 Å². The Hall–Kier alpha value is -1.99.